The van der Waals surface area contributed by atoms with Gasteiger partial charge in [-0.1, -0.05) is 6.07 Å². The Kier molecular flexibility index (Phi) is 6.67. The molecule has 7 heteroatoms. The van der Waals surface area contributed by atoms with E-state index in [1.807, 2.05) is 13.8 Å². The molecule has 2 saturated heterocycles. The zero-order chi connectivity index (χ0) is 18.5. The number of piperazine rings is 1. The molecule has 3 heterocycles. The van der Waals surface area contributed by atoms with Crippen molar-refractivity contribution in [2.24, 2.45) is 0 Å². The molecule has 0 bridgehead atoms. The molecule has 2 fully saturated rings. The fraction of sp³-hybridized carbons (Fsp3) is 0.684. The lowest BCUT2D eigenvalue weighted by atomic mass is 10.2. The van der Waals surface area contributed by atoms with Crippen LogP contribution in [0.3, 0.4) is 0 Å². The van der Waals surface area contributed by atoms with Crippen LogP contribution in [0, 0.1) is 0 Å². The Labute approximate surface area is 160 Å². The van der Waals surface area contributed by atoms with Crippen LogP contribution in [-0.2, 0) is 9.59 Å². The summed E-state index contributed by atoms with van der Waals surface area (Å²) in [5.74, 6) is 0.326. The van der Waals surface area contributed by atoms with Gasteiger partial charge in [-0.25, -0.2) is 0 Å². The third-order valence-corrected chi connectivity index (χ3v) is 6.06. The van der Waals surface area contributed by atoms with Gasteiger partial charge in [-0.15, -0.1) is 11.3 Å². The fourth-order valence-corrected chi connectivity index (χ4v) is 4.67. The van der Waals surface area contributed by atoms with Gasteiger partial charge in [-0.3, -0.25) is 19.4 Å². The van der Waals surface area contributed by atoms with Crippen LogP contribution in [0.1, 0.15) is 37.6 Å². The minimum absolute atomic E-state index is 0.0837. The molecule has 2 aliphatic rings. The van der Waals surface area contributed by atoms with Crippen molar-refractivity contribution in [3.63, 3.8) is 0 Å². The normalized spacial score (nSPS) is 22.1. The van der Waals surface area contributed by atoms with Gasteiger partial charge in [0.25, 0.3) is 0 Å². The highest BCUT2D eigenvalue weighted by atomic mass is 32.1. The van der Waals surface area contributed by atoms with Crippen molar-refractivity contribution in [1.82, 2.24) is 20.0 Å². The minimum atomic E-state index is 0.0837. The molecule has 144 valence electrons. The van der Waals surface area contributed by atoms with E-state index >= 15 is 0 Å². The number of hydrogen-bond donors (Lipinski definition) is 1. The first kappa shape index (κ1) is 19.3. The zero-order valence-electron chi connectivity index (χ0n) is 15.8. The van der Waals surface area contributed by atoms with Gasteiger partial charge in [0, 0.05) is 43.6 Å². The van der Waals surface area contributed by atoms with Crippen LogP contribution in [-0.4, -0.2) is 78.4 Å². The zero-order valence-corrected chi connectivity index (χ0v) is 16.6. The number of amides is 2. The molecule has 2 aliphatic heterocycles. The van der Waals surface area contributed by atoms with Gasteiger partial charge in [0.05, 0.1) is 19.1 Å². The molecule has 26 heavy (non-hydrogen) atoms. The van der Waals surface area contributed by atoms with Crippen LogP contribution in [0.15, 0.2) is 17.5 Å². The third-order valence-electron chi connectivity index (χ3n) is 5.09. The first-order valence-electron chi connectivity index (χ1n) is 9.60. The summed E-state index contributed by atoms with van der Waals surface area (Å²) in [7, 11) is 0. The fourth-order valence-electron chi connectivity index (χ4n) is 3.80. The summed E-state index contributed by atoms with van der Waals surface area (Å²) in [6.45, 7) is 9.14. The van der Waals surface area contributed by atoms with E-state index in [4.69, 9.17) is 0 Å². The standard InChI is InChI=1S/C19H30N4O2S/c1-15(2)20-18(24)13-21-8-10-22(11-9-21)14-19(25)23-7-3-5-16(23)17-6-4-12-26-17/h4,6,12,15-16H,3,5,7-11,13-14H2,1-2H3,(H,20,24). The molecule has 0 aromatic carbocycles. The van der Waals surface area contributed by atoms with Gasteiger partial charge in [0.15, 0.2) is 0 Å². The SMILES string of the molecule is CC(C)NC(=O)CN1CCN(CC(=O)N2CCCC2c2cccs2)CC1. The Morgan fingerprint density at radius 3 is 2.46 bits per heavy atom. The second-order valence-electron chi connectivity index (χ2n) is 7.54. The van der Waals surface area contributed by atoms with Gasteiger partial charge in [0.2, 0.25) is 11.8 Å². The van der Waals surface area contributed by atoms with Crippen LogP contribution < -0.4 is 5.32 Å². The van der Waals surface area contributed by atoms with E-state index in [1.165, 1.54) is 4.88 Å². The van der Waals surface area contributed by atoms with Crippen molar-refractivity contribution in [3.05, 3.63) is 22.4 Å². The van der Waals surface area contributed by atoms with Crippen LogP contribution in [0.2, 0.25) is 0 Å². The summed E-state index contributed by atoms with van der Waals surface area (Å²) in [5, 5.41) is 5.02. The molecule has 0 saturated carbocycles. The quantitative estimate of drug-likeness (QED) is 0.816. The van der Waals surface area contributed by atoms with E-state index in [9.17, 15) is 9.59 Å². The summed E-state index contributed by atoms with van der Waals surface area (Å²) >= 11 is 1.75. The molecule has 0 spiro atoms. The van der Waals surface area contributed by atoms with E-state index in [0.717, 1.165) is 45.6 Å². The molecule has 0 radical (unpaired) electrons. The molecule has 2 amide bonds. The largest absolute Gasteiger partial charge is 0.353 e. The summed E-state index contributed by atoms with van der Waals surface area (Å²) in [6.07, 6.45) is 2.16. The predicted molar refractivity (Wildman–Crippen MR) is 104 cm³/mol. The second kappa shape index (κ2) is 8.97. The lowest BCUT2D eigenvalue weighted by molar-refractivity contribution is -0.134. The Balaban J connectivity index is 1.44. The van der Waals surface area contributed by atoms with Crippen molar-refractivity contribution in [2.75, 3.05) is 45.8 Å². The molecule has 1 unspecified atom stereocenters. The number of thiophene rings is 1. The lowest BCUT2D eigenvalue weighted by Crippen LogP contribution is -2.52. The van der Waals surface area contributed by atoms with Crippen LogP contribution >= 0.6 is 11.3 Å². The molecule has 1 atom stereocenters. The summed E-state index contributed by atoms with van der Waals surface area (Å²) in [6, 6.07) is 4.65. The molecular formula is C19H30N4O2S. The second-order valence-corrected chi connectivity index (χ2v) is 8.51. The Morgan fingerprint density at radius 1 is 1.15 bits per heavy atom. The van der Waals surface area contributed by atoms with Gasteiger partial charge in [0.1, 0.15) is 0 Å². The predicted octanol–water partition coefficient (Wildman–Crippen LogP) is 1.55. The third kappa shape index (κ3) is 5.05. The van der Waals surface area contributed by atoms with Crippen LogP contribution in [0.5, 0.6) is 0 Å². The van der Waals surface area contributed by atoms with E-state index in [0.29, 0.717) is 13.1 Å². The van der Waals surface area contributed by atoms with Crippen molar-refractivity contribution in [1.29, 1.82) is 0 Å². The Bertz CT molecular complexity index is 597. The average molecular weight is 379 g/mol. The Morgan fingerprint density at radius 2 is 1.85 bits per heavy atom. The smallest absolute Gasteiger partial charge is 0.237 e. The monoisotopic (exact) mass is 378 g/mol. The van der Waals surface area contributed by atoms with Crippen molar-refractivity contribution >= 4 is 23.2 Å². The lowest BCUT2D eigenvalue weighted by Gasteiger charge is -2.35. The number of nitrogens with one attached hydrogen (secondary N) is 1. The number of carbonyl (C=O) groups is 2. The first-order chi connectivity index (χ1) is 12.5. The molecule has 1 aromatic heterocycles. The maximum Gasteiger partial charge on any atom is 0.237 e. The molecule has 1 N–H and O–H groups in total. The van der Waals surface area contributed by atoms with Crippen molar-refractivity contribution in [2.45, 2.75) is 38.8 Å². The maximum atomic E-state index is 12.8. The average Bonchev–Trinajstić information content (AvgIpc) is 3.26. The number of likely N-dealkylation sites (tertiary alicyclic amines) is 1. The van der Waals surface area contributed by atoms with E-state index in [1.54, 1.807) is 11.3 Å². The molecule has 6 nitrogen and oxygen atoms in total. The summed E-state index contributed by atoms with van der Waals surface area (Å²) in [5.41, 5.74) is 0. The van der Waals surface area contributed by atoms with Gasteiger partial charge in [-0.2, -0.15) is 0 Å². The van der Waals surface area contributed by atoms with E-state index in [-0.39, 0.29) is 23.9 Å². The number of nitrogens with zero attached hydrogens (tertiary/aromatic N) is 3. The Hall–Kier alpha value is -1.44. The summed E-state index contributed by atoms with van der Waals surface area (Å²) < 4.78 is 0. The molecule has 0 aliphatic carbocycles. The molecule has 3 rings (SSSR count). The van der Waals surface area contributed by atoms with Crippen LogP contribution in [0.25, 0.3) is 0 Å². The topological polar surface area (TPSA) is 55.9 Å². The summed E-state index contributed by atoms with van der Waals surface area (Å²) in [4.78, 5) is 32.4. The van der Waals surface area contributed by atoms with E-state index in [2.05, 4.69) is 37.5 Å². The van der Waals surface area contributed by atoms with Gasteiger partial charge >= 0.3 is 0 Å². The molecule has 1 aromatic rings. The number of carbonyl (C=O) groups excluding carboxylic acids is 2. The highest BCUT2D eigenvalue weighted by molar-refractivity contribution is 7.10. The van der Waals surface area contributed by atoms with Gasteiger partial charge < -0.3 is 10.2 Å². The number of rotatable bonds is 6. The highest BCUT2D eigenvalue weighted by Gasteiger charge is 2.31. The molecular weight excluding hydrogens is 348 g/mol. The number of hydrogen-bond acceptors (Lipinski definition) is 5. The van der Waals surface area contributed by atoms with Crippen LogP contribution in [0.4, 0.5) is 0 Å². The van der Waals surface area contributed by atoms with Crippen molar-refractivity contribution < 1.29 is 9.59 Å². The van der Waals surface area contributed by atoms with Gasteiger partial charge in [-0.05, 0) is 38.1 Å². The van der Waals surface area contributed by atoms with Crippen molar-refractivity contribution in [3.8, 4) is 0 Å². The van der Waals surface area contributed by atoms with E-state index < -0.39 is 0 Å². The maximum absolute atomic E-state index is 12.8. The first-order valence-corrected chi connectivity index (χ1v) is 10.5. The minimum Gasteiger partial charge on any atom is -0.353 e. The highest BCUT2D eigenvalue weighted by Crippen LogP contribution is 2.34.